The molecule has 0 aliphatic carbocycles. The fourth-order valence-electron chi connectivity index (χ4n) is 3.52. The summed E-state index contributed by atoms with van der Waals surface area (Å²) >= 11 is 0. The van der Waals surface area contributed by atoms with Crippen molar-refractivity contribution < 1.29 is 14.0 Å². The average molecular weight is 331 g/mol. The first-order valence-corrected chi connectivity index (χ1v) is 8.41. The van der Waals surface area contributed by atoms with Crippen molar-refractivity contribution in [3.05, 3.63) is 66.2 Å². The van der Waals surface area contributed by atoms with Crippen LogP contribution in [0.15, 0.2) is 65.2 Å². The summed E-state index contributed by atoms with van der Waals surface area (Å²) in [6.07, 6.45) is 0. The van der Waals surface area contributed by atoms with Gasteiger partial charge in [-0.25, -0.2) is 0 Å². The third-order valence-electron chi connectivity index (χ3n) is 4.87. The smallest absolute Gasteiger partial charge is 0.192 e. The van der Waals surface area contributed by atoms with Gasteiger partial charge >= 0.3 is 0 Å². The minimum absolute atomic E-state index is 0.606. The van der Waals surface area contributed by atoms with Crippen molar-refractivity contribution in [2.45, 2.75) is 12.7 Å². The molecular formula is C21H17NO3. The lowest BCUT2D eigenvalue weighted by Gasteiger charge is -2.22. The van der Waals surface area contributed by atoms with Crippen molar-refractivity contribution in [1.29, 1.82) is 0 Å². The van der Waals surface area contributed by atoms with Crippen molar-refractivity contribution in [2.24, 2.45) is 0 Å². The van der Waals surface area contributed by atoms with Gasteiger partial charge in [0.1, 0.15) is 5.52 Å². The van der Waals surface area contributed by atoms with Crippen LogP contribution in [0.3, 0.4) is 0 Å². The number of aromatic nitrogens is 1. The highest BCUT2D eigenvalue weighted by Crippen LogP contribution is 2.37. The maximum Gasteiger partial charge on any atom is 0.192 e. The third-order valence-corrected chi connectivity index (χ3v) is 4.87. The van der Waals surface area contributed by atoms with E-state index in [2.05, 4.69) is 35.5 Å². The van der Waals surface area contributed by atoms with Gasteiger partial charge in [0, 0.05) is 11.1 Å². The second-order valence-corrected chi connectivity index (χ2v) is 6.41. The molecule has 1 aromatic heterocycles. The van der Waals surface area contributed by atoms with Gasteiger partial charge in [-0.2, -0.15) is 0 Å². The zero-order valence-corrected chi connectivity index (χ0v) is 13.9. The van der Waals surface area contributed by atoms with Crippen molar-refractivity contribution in [1.82, 2.24) is 5.16 Å². The summed E-state index contributed by atoms with van der Waals surface area (Å²) < 4.78 is 17.3. The minimum atomic E-state index is -0.707. The lowest BCUT2D eigenvalue weighted by molar-refractivity contribution is -0.149. The summed E-state index contributed by atoms with van der Waals surface area (Å²) in [5.74, 6) is 0.0665. The van der Waals surface area contributed by atoms with E-state index < -0.39 is 5.79 Å². The SMILES string of the molecule is CC1(c2ccc3noc(-c4cccc5ccccc45)c3c2)OCCO1. The predicted octanol–water partition coefficient (Wildman–Crippen LogP) is 4.87. The molecule has 1 aliphatic rings. The van der Waals surface area contributed by atoms with E-state index >= 15 is 0 Å². The van der Waals surface area contributed by atoms with Gasteiger partial charge in [-0.1, -0.05) is 53.7 Å². The zero-order valence-electron chi connectivity index (χ0n) is 13.9. The Hall–Kier alpha value is -2.69. The van der Waals surface area contributed by atoms with Crippen molar-refractivity contribution in [2.75, 3.05) is 13.2 Å². The van der Waals surface area contributed by atoms with Crippen LogP contribution in [0.25, 0.3) is 33.0 Å². The largest absolute Gasteiger partial charge is 0.355 e. The van der Waals surface area contributed by atoms with Crippen LogP contribution in [0.4, 0.5) is 0 Å². The molecule has 0 spiro atoms. The maximum atomic E-state index is 5.79. The molecule has 0 amide bonds. The lowest BCUT2D eigenvalue weighted by atomic mass is 9.98. The molecule has 0 N–H and O–H groups in total. The second-order valence-electron chi connectivity index (χ2n) is 6.41. The van der Waals surface area contributed by atoms with Crippen LogP contribution in [0.2, 0.25) is 0 Å². The van der Waals surface area contributed by atoms with E-state index in [0.29, 0.717) is 13.2 Å². The molecular weight excluding hydrogens is 314 g/mol. The lowest BCUT2D eigenvalue weighted by Crippen LogP contribution is -2.22. The monoisotopic (exact) mass is 331 g/mol. The van der Waals surface area contributed by atoms with Crippen LogP contribution in [0.1, 0.15) is 12.5 Å². The van der Waals surface area contributed by atoms with Crippen molar-refractivity contribution in [3.63, 3.8) is 0 Å². The van der Waals surface area contributed by atoms with Gasteiger partial charge in [-0.05, 0) is 29.8 Å². The summed E-state index contributed by atoms with van der Waals surface area (Å²) in [7, 11) is 0. The fraction of sp³-hybridized carbons (Fsp3) is 0.190. The Morgan fingerprint density at radius 1 is 0.880 bits per heavy atom. The van der Waals surface area contributed by atoms with Gasteiger partial charge in [0.05, 0.1) is 18.6 Å². The summed E-state index contributed by atoms with van der Waals surface area (Å²) in [6, 6.07) is 20.5. The molecule has 2 heterocycles. The Morgan fingerprint density at radius 3 is 2.56 bits per heavy atom. The number of hydrogen-bond acceptors (Lipinski definition) is 4. The van der Waals surface area contributed by atoms with Crippen LogP contribution in [0, 0.1) is 0 Å². The van der Waals surface area contributed by atoms with Crippen LogP contribution in [0.5, 0.6) is 0 Å². The fourth-order valence-corrected chi connectivity index (χ4v) is 3.52. The van der Waals surface area contributed by atoms with Gasteiger partial charge in [0.25, 0.3) is 0 Å². The van der Waals surface area contributed by atoms with Gasteiger partial charge in [-0.15, -0.1) is 0 Å². The number of fused-ring (bicyclic) bond motifs is 2. The average Bonchev–Trinajstić information content (AvgIpc) is 3.28. The molecule has 4 nitrogen and oxygen atoms in total. The molecule has 3 aromatic carbocycles. The first-order valence-electron chi connectivity index (χ1n) is 8.41. The molecule has 0 saturated carbocycles. The standard InChI is InChI=1S/C21H17NO3/c1-21(23-11-12-24-21)15-9-10-19-18(13-15)20(25-22-19)17-8-4-6-14-5-2-3-7-16(14)17/h2-10,13H,11-12H2,1H3. The molecule has 5 rings (SSSR count). The van der Waals surface area contributed by atoms with E-state index in [1.165, 1.54) is 5.39 Å². The minimum Gasteiger partial charge on any atom is -0.355 e. The Bertz CT molecular complexity index is 1070. The molecule has 25 heavy (non-hydrogen) atoms. The molecule has 0 bridgehead atoms. The highest BCUT2D eigenvalue weighted by Gasteiger charge is 2.33. The molecule has 1 saturated heterocycles. The molecule has 0 radical (unpaired) electrons. The topological polar surface area (TPSA) is 44.5 Å². The predicted molar refractivity (Wildman–Crippen MR) is 96.2 cm³/mol. The molecule has 0 unspecified atom stereocenters. The van der Waals surface area contributed by atoms with Crippen LogP contribution >= 0.6 is 0 Å². The van der Waals surface area contributed by atoms with Crippen molar-refractivity contribution in [3.8, 4) is 11.3 Å². The van der Waals surface area contributed by atoms with Gasteiger partial charge in [0.15, 0.2) is 11.5 Å². The molecule has 1 aliphatic heterocycles. The summed E-state index contributed by atoms with van der Waals surface area (Å²) in [5.41, 5.74) is 2.84. The Kier molecular flexibility index (Phi) is 3.17. The summed E-state index contributed by atoms with van der Waals surface area (Å²) in [4.78, 5) is 0. The highest BCUT2D eigenvalue weighted by molar-refractivity contribution is 6.02. The van der Waals surface area contributed by atoms with Gasteiger partial charge in [-0.3, -0.25) is 0 Å². The van der Waals surface area contributed by atoms with Crippen LogP contribution in [-0.2, 0) is 15.3 Å². The number of hydrogen-bond donors (Lipinski definition) is 0. The Labute approximate surface area is 144 Å². The number of benzene rings is 3. The number of rotatable bonds is 2. The normalized spacial score (nSPS) is 16.7. The quantitative estimate of drug-likeness (QED) is 0.526. The molecule has 4 heteroatoms. The van der Waals surface area contributed by atoms with E-state index in [0.717, 1.165) is 33.2 Å². The van der Waals surface area contributed by atoms with E-state index in [1.807, 2.05) is 37.3 Å². The Balaban J connectivity index is 1.74. The first-order chi connectivity index (χ1) is 12.2. The number of nitrogens with zero attached hydrogens (tertiary/aromatic N) is 1. The molecule has 0 atom stereocenters. The molecule has 4 aromatic rings. The third kappa shape index (κ3) is 2.26. The Morgan fingerprint density at radius 2 is 1.68 bits per heavy atom. The van der Waals surface area contributed by atoms with E-state index in [-0.39, 0.29) is 0 Å². The van der Waals surface area contributed by atoms with Gasteiger partial charge in [0.2, 0.25) is 0 Å². The van der Waals surface area contributed by atoms with E-state index in [4.69, 9.17) is 14.0 Å². The van der Waals surface area contributed by atoms with Gasteiger partial charge < -0.3 is 14.0 Å². The highest BCUT2D eigenvalue weighted by atomic mass is 16.7. The number of ether oxygens (including phenoxy) is 2. The van der Waals surface area contributed by atoms with Crippen LogP contribution < -0.4 is 0 Å². The van der Waals surface area contributed by atoms with E-state index in [1.54, 1.807) is 0 Å². The summed E-state index contributed by atoms with van der Waals surface area (Å²) in [5, 5.41) is 7.52. The second kappa shape index (κ2) is 5.41. The molecule has 1 fully saturated rings. The van der Waals surface area contributed by atoms with Crippen molar-refractivity contribution >= 4 is 21.7 Å². The van der Waals surface area contributed by atoms with Crippen LogP contribution in [-0.4, -0.2) is 18.4 Å². The first kappa shape index (κ1) is 14.6. The zero-order chi connectivity index (χ0) is 16.9. The summed E-state index contributed by atoms with van der Waals surface area (Å²) in [6.45, 7) is 3.16. The molecule has 124 valence electrons. The van der Waals surface area contributed by atoms with E-state index in [9.17, 15) is 0 Å². The maximum absolute atomic E-state index is 5.79.